The van der Waals surface area contributed by atoms with Crippen LogP contribution in [0.1, 0.15) is 11.1 Å². The summed E-state index contributed by atoms with van der Waals surface area (Å²) in [4.78, 5) is 0. The molecule has 19 heavy (non-hydrogen) atoms. The number of hydrogen-bond acceptors (Lipinski definition) is 2. The molecule has 0 aliphatic heterocycles. The maximum Gasteiger partial charge on any atom is 0.0797 e. The van der Waals surface area contributed by atoms with Gasteiger partial charge in [-0.05, 0) is 20.2 Å². The lowest BCUT2D eigenvalue weighted by atomic mass is 10.2. The molecule has 2 aromatic carbocycles. The Morgan fingerprint density at radius 3 is 1.63 bits per heavy atom. The Morgan fingerprint density at radius 2 is 1.26 bits per heavy atom. The average molecular weight is 292 g/mol. The van der Waals surface area contributed by atoms with Gasteiger partial charge in [0.1, 0.15) is 0 Å². The van der Waals surface area contributed by atoms with Crippen LogP contribution >= 0.6 is 17.9 Å². The molecule has 0 spiro atoms. The number of benzene rings is 2. The van der Waals surface area contributed by atoms with E-state index < -0.39 is 0 Å². The first-order valence-corrected chi connectivity index (χ1v) is 7.17. The summed E-state index contributed by atoms with van der Waals surface area (Å²) in [5, 5.41) is 0. The summed E-state index contributed by atoms with van der Waals surface area (Å²) in [6, 6.07) is 21.0. The lowest BCUT2D eigenvalue weighted by Gasteiger charge is -2.19. The molecule has 1 unspecified atom stereocenters. The SMILES string of the molecule is O.P=NPN(Cc1ccccc1)Cc1ccccc1. The van der Waals surface area contributed by atoms with Crippen molar-refractivity contribution in [1.82, 2.24) is 4.67 Å². The van der Waals surface area contributed by atoms with Gasteiger partial charge in [-0.1, -0.05) is 60.7 Å². The summed E-state index contributed by atoms with van der Waals surface area (Å²) in [6.45, 7) is 1.84. The fourth-order valence-corrected chi connectivity index (χ4v) is 2.88. The second kappa shape index (κ2) is 8.90. The Hall–Kier alpha value is -1.11. The van der Waals surface area contributed by atoms with E-state index in [1.165, 1.54) is 11.1 Å². The van der Waals surface area contributed by atoms with Gasteiger partial charge in [-0.2, -0.15) is 0 Å². The van der Waals surface area contributed by atoms with Gasteiger partial charge < -0.3 is 5.48 Å². The van der Waals surface area contributed by atoms with Crippen molar-refractivity contribution in [3.8, 4) is 0 Å². The molecule has 1 atom stereocenters. The Kier molecular flexibility index (Phi) is 7.47. The van der Waals surface area contributed by atoms with E-state index in [9.17, 15) is 0 Å². The molecule has 0 aliphatic carbocycles. The van der Waals surface area contributed by atoms with Crippen LogP contribution in [0, 0.1) is 0 Å². The zero-order valence-corrected chi connectivity index (χ0v) is 12.6. The molecule has 0 aliphatic rings. The summed E-state index contributed by atoms with van der Waals surface area (Å²) in [7, 11) is 3.65. The van der Waals surface area contributed by atoms with Crippen molar-refractivity contribution in [2.24, 2.45) is 4.52 Å². The minimum absolute atomic E-state index is 0. The Labute approximate surface area is 118 Å². The number of rotatable bonds is 6. The van der Waals surface area contributed by atoms with Crippen LogP contribution in [0.2, 0.25) is 0 Å². The highest BCUT2D eigenvalue weighted by Crippen LogP contribution is 2.26. The summed E-state index contributed by atoms with van der Waals surface area (Å²) >= 11 is 0. The predicted molar refractivity (Wildman–Crippen MR) is 84.8 cm³/mol. The molecular formula is C14H18N2OP2. The van der Waals surface area contributed by atoms with E-state index in [1.807, 2.05) is 12.1 Å². The molecule has 0 aromatic heterocycles. The highest BCUT2D eigenvalue weighted by atomic mass is 31.1. The van der Waals surface area contributed by atoms with Gasteiger partial charge in [-0.3, -0.25) is 4.67 Å². The van der Waals surface area contributed by atoms with E-state index >= 15 is 0 Å². The number of hydrogen-bond donors (Lipinski definition) is 0. The third-order valence-electron chi connectivity index (χ3n) is 2.62. The topological polar surface area (TPSA) is 47.1 Å². The molecule has 0 heterocycles. The Balaban J connectivity index is 0.00000180. The van der Waals surface area contributed by atoms with Gasteiger partial charge in [0, 0.05) is 13.1 Å². The zero-order valence-electron chi connectivity index (χ0n) is 10.6. The van der Waals surface area contributed by atoms with Gasteiger partial charge in [0.2, 0.25) is 0 Å². The van der Waals surface area contributed by atoms with E-state index in [1.54, 1.807) is 0 Å². The van der Waals surface area contributed by atoms with Crippen molar-refractivity contribution in [1.29, 1.82) is 0 Å². The molecule has 0 radical (unpaired) electrons. The monoisotopic (exact) mass is 292 g/mol. The molecule has 0 bridgehead atoms. The predicted octanol–water partition coefficient (Wildman–Crippen LogP) is 3.70. The smallest absolute Gasteiger partial charge is 0.0797 e. The van der Waals surface area contributed by atoms with Gasteiger partial charge >= 0.3 is 0 Å². The third-order valence-corrected chi connectivity index (χ3v) is 3.62. The molecule has 3 nitrogen and oxygen atoms in total. The first-order valence-electron chi connectivity index (χ1n) is 5.83. The standard InChI is InChI=1S/C14H16N2P2.H2O/c17-15-18-16(11-13-7-3-1-4-8-13)12-14-9-5-2-6-10-14;/h1-10,17-18H,11-12H2;1H2. The molecule has 0 saturated carbocycles. The van der Waals surface area contributed by atoms with Crippen LogP contribution in [0.5, 0.6) is 0 Å². The van der Waals surface area contributed by atoms with Crippen LogP contribution in [0.25, 0.3) is 0 Å². The van der Waals surface area contributed by atoms with Crippen molar-refractivity contribution < 1.29 is 5.48 Å². The normalized spacial score (nSPS) is 10.6. The second-order valence-corrected chi connectivity index (χ2v) is 5.77. The Morgan fingerprint density at radius 1 is 0.842 bits per heavy atom. The second-order valence-electron chi connectivity index (χ2n) is 4.04. The molecule has 0 saturated heterocycles. The fourth-order valence-electron chi connectivity index (χ4n) is 1.80. The van der Waals surface area contributed by atoms with E-state index in [-0.39, 0.29) is 5.48 Å². The van der Waals surface area contributed by atoms with Crippen LogP contribution in [0.15, 0.2) is 65.2 Å². The minimum Gasteiger partial charge on any atom is -0.412 e. The minimum atomic E-state index is 0. The van der Waals surface area contributed by atoms with E-state index in [0.717, 1.165) is 13.1 Å². The molecule has 100 valence electrons. The van der Waals surface area contributed by atoms with Crippen molar-refractivity contribution in [3.05, 3.63) is 71.8 Å². The van der Waals surface area contributed by atoms with Crippen molar-refractivity contribution in [2.75, 3.05) is 0 Å². The maximum atomic E-state index is 4.09. The molecule has 0 amide bonds. The van der Waals surface area contributed by atoms with Crippen molar-refractivity contribution in [2.45, 2.75) is 13.1 Å². The fraction of sp³-hybridized carbons (Fsp3) is 0.143. The molecule has 2 rings (SSSR count). The van der Waals surface area contributed by atoms with Crippen LogP contribution in [-0.2, 0) is 13.1 Å². The highest BCUT2D eigenvalue weighted by molar-refractivity contribution is 7.38. The van der Waals surface area contributed by atoms with Gasteiger partial charge in [-0.25, -0.2) is 4.52 Å². The van der Waals surface area contributed by atoms with E-state index in [4.69, 9.17) is 0 Å². The van der Waals surface area contributed by atoms with Crippen LogP contribution in [-0.4, -0.2) is 10.1 Å². The first kappa shape index (κ1) is 15.9. The first-order chi connectivity index (χ1) is 8.88. The highest BCUT2D eigenvalue weighted by Gasteiger charge is 2.05. The average Bonchev–Trinajstić information content (AvgIpc) is 2.41. The van der Waals surface area contributed by atoms with Crippen molar-refractivity contribution in [3.63, 3.8) is 0 Å². The molecular weight excluding hydrogens is 274 g/mol. The van der Waals surface area contributed by atoms with Gasteiger partial charge in [0.25, 0.3) is 0 Å². The van der Waals surface area contributed by atoms with Crippen LogP contribution in [0.4, 0.5) is 0 Å². The summed E-state index contributed by atoms with van der Waals surface area (Å²) in [5.41, 5.74) is 2.63. The molecule has 0 fully saturated rings. The van der Waals surface area contributed by atoms with Gasteiger partial charge in [0.15, 0.2) is 0 Å². The van der Waals surface area contributed by atoms with Crippen LogP contribution in [0.3, 0.4) is 0 Å². The van der Waals surface area contributed by atoms with E-state index in [0.29, 0.717) is 8.88 Å². The van der Waals surface area contributed by atoms with E-state index in [2.05, 4.69) is 66.7 Å². The van der Waals surface area contributed by atoms with Gasteiger partial charge in [0.05, 0.1) is 8.88 Å². The third kappa shape index (κ3) is 5.59. The molecule has 5 heteroatoms. The van der Waals surface area contributed by atoms with Gasteiger partial charge in [-0.15, -0.1) is 0 Å². The zero-order chi connectivity index (χ0) is 12.6. The lowest BCUT2D eigenvalue weighted by molar-refractivity contribution is 0.454. The number of nitrogens with zero attached hydrogens (tertiary/aromatic N) is 2. The quantitative estimate of drug-likeness (QED) is 0.749. The largest absolute Gasteiger partial charge is 0.412 e. The molecule has 2 aromatic rings. The maximum absolute atomic E-state index is 4.09. The Bertz CT molecular complexity index is 438. The lowest BCUT2D eigenvalue weighted by Crippen LogP contribution is -2.12. The summed E-state index contributed by atoms with van der Waals surface area (Å²) in [6.07, 6.45) is 0. The van der Waals surface area contributed by atoms with Crippen LogP contribution < -0.4 is 0 Å². The summed E-state index contributed by atoms with van der Waals surface area (Å²) in [5.74, 6) is 0. The van der Waals surface area contributed by atoms with Crippen molar-refractivity contribution >= 4 is 17.9 Å². The molecule has 2 N–H and O–H groups in total. The summed E-state index contributed by atoms with van der Waals surface area (Å²) < 4.78 is 6.40.